The molecule has 1 atom stereocenters. The molecule has 4 nitrogen and oxygen atoms in total. The summed E-state index contributed by atoms with van der Waals surface area (Å²) in [5, 5.41) is 21.1. The van der Waals surface area contributed by atoms with Gasteiger partial charge in [0.1, 0.15) is 11.8 Å². The Morgan fingerprint density at radius 2 is 2.30 bits per heavy atom. The van der Waals surface area contributed by atoms with Gasteiger partial charge in [0, 0.05) is 13.1 Å². The van der Waals surface area contributed by atoms with Crippen LogP contribution in [0, 0.1) is 0 Å². The summed E-state index contributed by atoms with van der Waals surface area (Å²) in [5.41, 5.74) is -1.71. The molecule has 0 aromatic rings. The van der Waals surface area contributed by atoms with E-state index in [0.717, 1.165) is 6.54 Å². The predicted octanol–water partition coefficient (Wildman–Crippen LogP) is -2.75. The molecule has 58 valence electrons. The molecule has 0 amide bonds. The minimum Gasteiger partial charge on any atom is -0.371 e. The minimum absolute atomic E-state index is 0.499. The molecule has 0 saturated carbocycles. The molecular weight excluding hydrogens is 133 g/mol. The molecule has 0 aromatic carbocycles. The molecule has 3 N–H and O–H groups in total. The van der Waals surface area contributed by atoms with Crippen molar-refractivity contribution in [2.75, 3.05) is 19.7 Å². The second-order valence-electron chi connectivity index (χ2n) is 2.66. The van der Waals surface area contributed by atoms with E-state index >= 15 is 0 Å². The second-order valence-corrected chi connectivity index (χ2v) is 2.66. The fraction of sp³-hybridized carbons (Fsp3) is 1.00. The Morgan fingerprint density at radius 3 is 2.60 bits per heavy atom. The number of nitrogens with one attached hydrogen (secondary N) is 1. The van der Waals surface area contributed by atoms with E-state index in [1.165, 1.54) is 7.85 Å². The lowest BCUT2D eigenvalue weighted by atomic mass is 9.89. The van der Waals surface area contributed by atoms with Crippen LogP contribution in [0.2, 0.25) is 0 Å². The van der Waals surface area contributed by atoms with Crippen molar-refractivity contribution in [1.29, 1.82) is 0 Å². The van der Waals surface area contributed by atoms with Crippen LogP contribution < -0.4 is 5.32 Å². The van der Waals surface area contributed by atoms with Crippen molar-refractivity contribution in [2.24, 2.45) is 0 Å². The third-order valence-electron chi connectivity index (χ3n) is 1.54. The molecule has 1 aliphatic heterocycles. The zero-order valence-corrected chi connectivity index (χ0v) is 6.00. The maximum absolute atomic E-state index is 9.03. The van der Waals surface area contributed by atoms with Crippen molar-refractivity contribution in [3.8, 4) is 0 Å². The first kappa shape index (κ1) is 8.01. The van der Waals surface area contributed by atoms with Gasteiger partial charge < -0.3 is 20.3 Å². The molecule has 0 bridgehead atoms. The summed E-state index contributed by atoms with van der Waals surface area (Å²) in [6.45, 7) is 1.83. The highest BCUT2D eigenvalue weighted by Crippen LogP contribution is 2.07. The van der Waals surface area contributed by atoms with Crippen LogP contribution in [0.5, 0.6) is 0 Å². The summed E-state index contributed by atoms with van der Waals surface area (Å²) in [5.74, 6) is 0. The van der Waals surface area contributed by atoms with Gasteiger partial charge in [-0.1, -0.05) is 0 Å². The second kappa shape index (κ2) is 2.88. The van der Waals surface area contributed by atoms with Crippen LogP contribution in [-0.4, -0.2) is 49.5 Å². The molecule has 10 heavy (non-hydrogen) atoms. The van der Waals surface area contributed by atoms with E-state index < -0.39 is 11.8 Å². The predicted molar refractivity (Wildman–Crippen MR) is 38.3 cm³/mol. The molecule has 0 aliphatic carbocycles. The van der Waals surface area contributed by atoms with Crippen molar-refractivity contribution in [3.63, 3.8) is 0 Å². The lowest BCUT2D eigenvalue weighted by Gasteiger charge is -2.31. The van der Waals surface area contributed by atoms with Crippen LogP contribution in [-0.2, 0) is 4.74 Å². The molecule has 1 fully saturated rings. The molecule has 0 radical (unpaired) electrons. The van der Waals surface area contributed by atoms with Crippen molar-refractivity contribution < 1.29 is 14.9 Å². The Bertz CT molecular complexity index is 108. The normalized spacial score (nSPS) is 28.4. The molecule has 5 heteroatoms. The highest BCUT2D eigenvalue weighted by molar-refractivity contribution is 6.13. The summed E-state index contributed by atoms with van der Waals surface area (Å²) in [6, 6.07) is 0. The Labute approximate surface area is 60.6 Å². The number of ether oxygens (including phenoxy) is 1. The number of morpholine rings is 1. The Kier molecular flexibility index (Phi) is 2.30. The monoisotopic (exact) mass is 145 g/mol. The van der Waals surface area contributed by atoms with Crippen molar-refractivity contribution in [3.05, 3.63) is 0 Å². The quantitative estimate of drug-likeness (QED) is 0.276. The average Bonchev–Trinajstić information content (AvgIpc) is 1.88. The molecule has 1 aliphatic rings. The largest absolute Gasteiger partial charge is 0.371 e. The lowest BCUT2D eigenvalue weighted by molar-refractivity contribution is -0.185. The number of aliphatic hydroxyl groups is 2. The number of hydrogen-bond acceptors (Lipinski definition) is 4. The Balaban J connectivity index is 2.39. The zero-order chi connectivity index (χ0) is 7.61. The van der Waals surface area contributed by atoms with Gasteiger partial charge in [0.2, 0.25) is 0 Å². The molecule has 1 saturated heterocycles. The average molecular weight is 145 g/mol. The molecular formula is C5H12BNO3. The van der Waals surface area contributed by atoms with Gasteiger partial charge in [-0.05, 0) is 0 Å². The lowest BCUT2D eigenvalue weighted by Crippen LogP contribution is -2.53. The molecule has 0 aromatic heterocycles. The van der Waals surface area contributed by atoms with Gasteiger partial charge in [-0.3, -0.25) is 0 Å². The van der Waals surface area contributed by atoms with Crippen LogP contribution in [0.4, 0.5) is 0 Å². The summed E-state index contributed by atoms with van der Waals surface area (Å²) < 4.78 is 5.08. The third kappa shape index (κ3) is 1.95. The number of rotatable bonds is 1. The molecule has 1 heterocycles. The first-order chi connectivity index (χ1) is 4.61. The van der Waals surface area contributed by atoms with Crippen molar-refractivity contribution in [2.45, 2.75) is 11.8 Å². The van der Waals surface area contributed by atoms with Crippen LogP contribution in [0.1, 0.15) is 0 Å². The van der Waals surface area contributed by atoms with Crippen molar-refractivity contribution >= 4 is 7.85 Å². The minimum atomic E-state index is -1.71. The maximum atomic E-state index is 9.03. The van der Waals surface area contributed by atoms with E-state index in [0.29, 0.717) is 13.2 Å². The first-order valence-corrected chi connectivity index (χ1v) is 3.38. The standard InChI is InChI=1S/C5H12BNO3/c6-5(8,9)4-3-7-1-2-10-4/h4,7-9H,1-3,6H2. The summed E-state index contributed by atoms with van der Waals surface area (Å²) >= 11 is 0. The van der Waals surface area contributed by atoms with Crippen LogP contribution in [0.15, 0.2) is 0 Å². The zero-order valence-electron chi connectivity index (χ0n) is 6.00. The fourth-order valence-corrected chi connectivity index (χ4v) is 0.917. The first-order valence-electron chi connectivity index (χ1n) is 3.38. The van der Waals surface area contributed by atoms with Crippen LogP contribution in [0.25, 0.3) is 0 Å². The van der Waals surface area contributed by atoms with Crippen LogP contribution in [0.3, 0.4) is 0 Å². The fourth-order valence-electron chi connectivity index (χ4n) is 0.917. The summed E-state index contributed by atoms with van der Waals surface area (Å²) in [4.78, 5) is 0. The van der Waals surface area contributed by atoms with E-state index in [-0.39, 0.29) is 0 Å². The van der Waals surface area contributed by atoms with Gasteiger partial charge in [0.05, 0.1) is 6.61 Å². The maximum Gasteiger partial charge on any atom is 0.181 e. The van der Waals surface area contributed by atoms with Gasteiger partial charge in [-0.2, -0.15) is 0 Å². The third-order valence-corrected chi connectivity index (χ3v) is 1.54. The van der Waals surface area contributed by atoms with E-state index in [4.69, 9.17) is 14.9 Å². The van der Waals surface area contributed by atoms with Gasteiger partial charge in [0.25, 0.3) is 0 Å². The molecule has 0 spiro atoms. The van der Waals surface area contributed by atoms with Crippen molar-refractivity contribution in [1.82, 2.24) is 5.32 Å². The van der Waals surface area contributed by atoms with Gasteiger partial charge in [0.15, 0.2) is 7.85 Å². The van der Waals surface area contributed by atoms with Gasteiger partial charge >= 0.3 is 0 Å². The smallest absolute Gasteiger partial charge is 0.181 e. The van der Waals surface area contributed by atoms with Gasteiger partial charge in [-0.15, -0.1) is 0 Å². The van der Waals surface area contributed by atoms with E-state index in [1.807, 2.05) is 0 Å². The molecule has 1 rings (SSSR count). The van der Waals surface area contributed by atoms with Gasteiger partial charge in [-0.25, -0.2) is 0 Å². The summed E-state index contributed by atoms with van der Waals surface area (Å²) in [6.07, 6.45) is -0.499. The SMILES string of the molecule is BC(O)(O)C1CNCCO1. The highest BCUT2D eigenvalue weighted by atomic mass is 16.6. The van der Waals surface area contributed by atoms with E-state index in [2.05, 4.69) is 5.32 Å². The number of hydrogen-bond donors (Lipinski definition) is 3. The molecule has 1 unspecified atom stereocenters. The topological polar surface area (TPSA) is 61.7 Å². The van der Waals surface area contributed by atoms with E-state index in [9.17, 15) is 0 Å². The Hall–Kier alpha value is -0.0951. The van der Waals surface area contributed by atoms with E-state index in [1.54, 1.807) is 0 Å². The van der Waals surface area contributed by atoms with Crippen LogP contribution >= 0.6 is 0 Å². The highest BCUT2D eigenvalue weighted by Gasteiger charge is 2.30. The summed E-state index contributed by atoms with van der Waals surface area (Å²) in [7, 11) is 1.32. The Morgan fingerprint density at radius 1 is 1.60 bits per heavy atom.